The Morgan fingerprint density at radius 2 is 2.14 bits per heavy atom. The lowest BCUT2D eigenvalue weighted by Gasteiger charge is -1.97. The quantitative estimate of drug-likeness (QED) is 0.769. The van der Waals surface area contributed by atoms with Gasteiger partial charge in [0.05, 0.1) is 5.69 Å². The van der Waals surface area contributed by atoms with Crippen molar-refractivity contribution in [2.24, 2.45) is 0 Å². The maximum atomic E-state index is 8.92. The van der Waals surface area contributed by atoms with Crippen LogP contribution < -0.4 is 0 Å². The predicted octanol–water partition coefficient (Wildman–Crippen LogP) is 2.77. The molecule has 1 aromatic rings. The number of aromatic nitrogens is 2. The molecule has 1 rings (SSSR count). The van der Waals surface area contributed by atoms with Crippen LogP contribution in [0.1, 0.15) is 37.9 Å². The smallest absolute Gasteiger partial charge is 0.145 e. The molecule has 0 fully saturated rings. The minimum Gasteiger partial charge on any atom is -0.252 e. The van der Waals surface area contributed by atoms with Crippen LogP contribution in [-0.4, -0.2) is 9.78 Å². The number of hydrogen-bond donors (Lipinski definition) is 0. The van der Waals surface area contributed by atoms with E-state index in [1.165, 1.54) is 0 Å². The summed E-state index contributed by atoms with van der Waals surface area (Å²) in [5, 5.41) is 13.7. The minimum atomic E-state index is 0.484. The van der Waals surface area contributed by atoms with E-state index in [-0.39, 0.29) is 0 Å². The minimum absolute atomic E-state index is 0.484. The lowest BCUT2D eigenvalue weighted by molar-refractivity contribution is 0.593. The Bertz CT molecular complexity index is 349. The Balaban J connectivity index is 3.06. The molecule has 0 amide bonds. The third kappa shape index (κ3) is 2.08. The molecule has 0 N–H and O–H groups in total. The third-order valence-electron chi connectivity index (χ3n) is 2.00. The van der Waals surface area contributed by atoms with Crippen LogP contribution in [0.3, 0.4) is 0 Å². The Hall–Kier alpha value is -1.01. The van der Waals surface area contributed by atoms with Crippen LogP contribution in [0.2, 0.25) is 5.15 Å². The van der Waals surface area contributed by atoms with Gasteiger partial charge in [-0.05, 0) is 12.8 Å². The number of nitrogens with zero attached hydrogens (tertiary/aromatic N) is 3. The van der Waals surface area contributed by atoms with Crippen molar-refractivity contribution in [3.63, 3.8) is 0 Å². The molecule has 0 radical (unpaired) electrons. The van der Waals surface area contributed by atoms with E-state index in [2.05, 4.69) is 25.0 Å². The van der Waals surface area contributed by atoms with Gasteiger partial charge in [-0.1, -0.05) is 31.9 Å². The highest BCUT2D eigenvalue weighted by atomic mass is 35.5. The highest BCUT2D eigenvalue weighted by Crippen LogP contribution is 2.20. The number of aryl methyl sites for hydroxylation is 2. The fourth-order valence-corrected chi connectivity index (χ4v) is 1.64. The van der Waals surface area contributed by atoms with Crippen LogP contribution in [0, 0.1) is 11.3 Å². The molecule has 0 saturated heterocycles. The zero-order valence-electron chi connectivity index (χ0n) is 8.55. The van der Waals surface area contributed by atoms with Gasteiger partial charge in [-0.15, -0.1) is 0 Å². The van der Waals surface area contributed by atoms with Gasteiger partial charge in [0.2, 0.25) is 0 Å². The van der Waals surface area contributed by atoms with E-state index in [1.54, 1.807) is 4.68 Å². The Labute approximate surface area is 89.3 Å². The van der Waals surface area contributed by atoms with Gasteiger partial charge in [0.15, 0.2) is 0 Å². The van der Waals surface area contributed by atoms with E-state index in [1.807, 2.05) is 0 Å². The summed E-state index contributed by atoms with van der Waals surface area (Å²) in [7, 11) is 0. The summed E-state index contributed by atoms with van der Waals surface area (Å²) >= 11 is 6.02. The van der Waals surface area contributed by atoms with Crippen molar-refractivity contribution in [3.8, 4) is 6.07 Å². The van der Waals surface area contributed by atoms with Gasteiger partial charge in [-0.3, -0.25) is 4.68 Å². The van der Waals surface area contributed by atoms with Crippen molar-refractivity contribution >= 4 is 11.6 Å². The summed E-state index contributed by atoms with van der Waals surface area (Å²) in [5.41, 5.74) is 1.37. The van der Waals surface area contributed by atoms with Gasteiger partial charge in [0.25, 0.3) is 0 Å². The molecule has 0 aliphatic rings. The number of rotatable bonds is 4. The zero-order chi connectivity index (χ0) is 10.6. The molecule has 0 saturated carbocycles. The number of hydrogen-bond acceptors (Lipinski definition) is 2. The van der Waals surface area contributed by atoms with E-state index in [4.69, 9.17) is 16.9 Å². The SMILES string of the molecule is CCCc1nn(CCC)c(Cl)c1C#N. The summed E-state index contributed by atoms with van der Waals surface area (Å²) in [6, 6.07) is 2.11. The first-order valence-corrected chi connectivity index (χ1v) is 5.27. The highest BCUT2D eigenvalue weighted by molar-refractivity contribution is 6.30. The molecule has 0 spiro atoms. The molecule has 0 bridgehead atoms. The molecule has 0 aromatic carbocycles. The van der Waals surface area contributed by atoms with Crippen molar-refractivity contribution in [1.82, 2.24) is 9.78 Å². The topological polar surface area (TPSA) is 41.6 Å². The maximum absolute atomic E-state index is 8.92. The molecular formula is C10H14ClN3. The Morgan fingerprint density at radius 1 is 1.43 bits per heavy atom. The zero-order valence-corrected chi connectivity index (χ0v) is 9.30. The van der Waals surface area contributed by atoms with Gasteiger partial charge >= 0.3 is 0 Å². The normalized spacial score (nSPS) is 10.1. The van der Waals surface area contributed by atoms with Crippen molar-refractivity contribution in [1.29, 1.82) is 5.26 Å². The maximum Gasteiger partial charge on any atom is 0.145 e. The van der Waals surface area contributed by atoms with Crippen molar-refractivity contribution in [3.05, 3.63) is 16.4 Å². The second kappa shape index (κ2) is 5.02. The fourth-order valence-electron chi connectivity index (χ4n) is 1.37. The molecular weight excluding hydrogens is 198 g/mol. The van der Waals surface area contributed by atoms with E-state index < -0.39 is 0 Å². The number of nitriles is 1. The van der Waals surface area contributed by atoms with Crippen LogP contribution in [0.4, 0.5) is 0 Å². The van der Waals surface area contributed by atoms with E-state index in [0.717, 1.165) is 31.5 Å². The Kier molecular flexibility index (Phi) is 3.97. The predicted molar refractivity (Wildman–Crippen MR) is 56.2 cm³/mol. The summed E-state index contributed by atoms with van der Waals surface area (Å²) < 4.78 is 1.71. The molecule has 0 aliphatic carbocycles. The van der Waals surface area contributed by atoms with Crippen LogP contribution in [0.15, 0.2) is 0 Å². The molecule has 0 aliphatic heterocycles. The second-order valence-electron chi connectivity index (χ2n) is 3.20. The van der Waals surface area contributed by atoms with Crippen molar-refractivity contribution in [2.45, 2.75) is 39.7 Å². The molecule has 1 aromatic heterocycles. The van der Waals surface area contributed by atoms with E-state index in [0.29, 0.717) is 10.7 Å². The lowest BCUT2D eigenvalue weighted by atomic mass is 10.2. The average molecular weight is 212 g/mol. The third-order valence-corrected chi connectivity index (χ3v) is 2.38. The van der Waals surface area contributed by atoms with Gasteiger partial charge < -0.3 is 0 Å². The van der Waals surface area contributed by atoms with Crippen LogP contribution >= 0.6 is 11.6 Å². The summed E-state index contributed by atoms with van der Waals surface area (Å²) in [5.74, 6) is 0. The van der Waals surface area contributed by atoms with Gasteiger partial charge in [0, 0.05) is 6.54 Å². The lowest BCUT2D eigenvalue weighted by Crippen LogP contribution is -1.99. The standard InChI is InChI=1S/C10H14ClN3/c1-3-5-9-8(7-12)10(11)14(13-9)6-4-2/h3-6H2,1-2H3. The first-order chi connectivity index (χ1) is 6.74. The second-order valence-corrected chi connectivity index (χ2v) is 3.56. The van der Waals surface area contributed by atoms with E-state index in [9.17, 15) is 0 Å². The molecule has 1 heterocycles. The largest absolute Gasteiger partial charge is 0.252 e. The first-order valence-electron chi connectivity index (χ1n) is 4.89. The van der Waals surface area contributed by atoms with E-state index >= 15 is 0 Å². The molecule has 3 nitrogen and oxygen atoms in total. The monoisotopic (exact) mass is 211 g/mol. The Morgan fingerprint density at radius 3 is 2.64 bits per heavy atom. The van der Waals surface area contributed by atoms with Crippen LogP contribution in [-0.2, 0) is 13.0 Å². The van der Waals surface area contributed by atoms with Crippen LogP contribution in [0.25, 0.3) is 0 Å². The summed E-state index contributed by atoms with van der Waals surface area (Å²) in [4.78, 5) is 0. The molecule has 0 atom stereocenters. The van der Waals surface area contributed by atoms with Gasteiger partial charge in [-0.2, -0.15) is 10.4 Å². The van der Waals surface area contributed by atoms with Gasteiger partial charge in [0.1, 0.15) is 16.8 Å². The number of halogens is 1. The fraction of sp³-hybridized carbons (Fsp3) is 0.600. The summed E-state index contributed by atoms with van der Waals surface area (Å²) in [6.45, 7) is 4.90. The van der Waals surface area contributed by atoms with Gasteiger partial charge in [-0.25, -0.2) is 0 Å². The molecule has 4 heteroatoms. The average Bonchev–Trinajstić information content (AvgIpc) is 2.45. The highest BCUT2D eigenvalue weighted by Gasteiger charge is 2.14. The first kappa shape index (κ1) is 11.1. The molecule has 0 unspecified atom stereocenters. The summed E-state index contributed by atoms with van der Waals surface area (Å²) in [6.07, 6.45) is 2.77. The van der Waals surface area contributed by atoms with Crippen LogP contribution in [0.5, 0.6) is 0 Å². The molecule has 76 valence electrons. The van der Waals surface area contributed by atoms with Crippen molar-refractivity contribution < 1.29 is 0 Å². The van der Waals surface area contributed by atoms with Crippen molar-refractivity contribution in [2.75, 3.05) is 0 Å². The molecule has 14 heavy (non-hydrogen) atoms.